The lowest BCUT2D eigenvalue weighted by Crippen LogP contribution is -2.52. The molecule has 0 radical (unpaired) electrons. The van der Waals surface area contributed by atoms with Gasteiger partial charge in [0.05, 0.1) is 6.61 Å². The summed E-state index contributed by atoms with van der Waals surface area (Å²) >= 11 is 0. The highest BCUT2D eigenvalue weighted by molar-refractivity contribution is 5.95. The van der Waals surface area contributed by atoms with Crippen LogP contribution < -0.4 is 4.74 Å². The fraction of sp³-hybridized carbons (Fsp3) is 0.500. The Morgan fingerprint density at radius 1 is 1.12 bits per heavy atom. The average Bonchev–Trinajstić information content (AvgIpc) is 2.67. The van der Waals surface area contributed by atoms with Crippen molar-refractivity contribution in [2.24, 2.45) is 5.92 Å². The summed E-state index contributed by atoms with van der Waals surface area (Å²) in [6.45, 7) is 4.21. The van der Waals surface area contributed by atoms with Crippen LogP contribution in [0.4, 0.5) is 4.39 Å². The summed E-state index contributed by atoms with van der Waals surface area (Å²) in [5.74, 6) is -0.100. The Morgan fingerprint density at radius 2 is 1.85 bits per heavy atom. The smallest absolute Gasteiger partial charge is 0.254 e. The van der Waals surface area contributed by atoms with Gasteiger partial charge in [-0.1, -0.05) is 12.2 Å². The number of halogens is 1. The fourth-order valence-electron chi connectivity index (χ4n) is 3.52. The molecule has 1 heterocycles. The van der Waals surface area contributed by atoms with Gasteiger partial charge in [0.1, 0.15) is 11.6 Å². The van der Waals surface area contributed by atoms with Crippen LogP contribution in [0.15, 0.2) is 30.4 Å². The Morgan fingerprint density at radius 3 is 2.50 bits per heavy atom. The van der Waals surface area contributed by atoms with E-state index in [9.17, 15) is 14.0 Å². The highest BCUT2D eigenvalue weighted by Crippen LogP contribution is 2.22. The summed E-state index contributed by atoms with van der Waals surface area (Å²) in [4.78, 5) is 28.8. The van der Waals surface area contributed by atoms with Crippen molar-refractivity contribution in [3.63, 3.8) is 0 Å². The number of nitrogens with zero attached hydrogens (tertiary/aromatic N) is 2. The number of hydrogen-bond donors (Lipinski definition) is 0. The van der Waals surface area contributed by atoms with E-state index in [1.54, 1.807) is 11.0 Å². The summed E-state index contributed by atoms with van der Waals surface area (Å²) in [7, 11) is 0. The maximum Gasteiger partial charge on any atom is 0.254 e. The topological polar surface area (TPSA) is 49.9 Å². The Labute approximate surface area is 153 Å². The predicted molar refractivity (Wildman–Crippen MR) is 96.5 cm³/mol. The van der Waals surface area contributed by atoms with Gasteiger partial charge in [0.15, 0.2) is 0 Å². The van der Waals surface area contributed by atoms with Crippen molar-refractivity contribution in [3.8, 4) is 5.75 Å². The molecular weight excluding hydrogens is 335 g/mol. The van der Waals surface area contributed by atoms with Crippen LogP contribution in [-0.4, -0.2) is 54.4 Å². The second-order valence-electron chi connectivity index (χ2n) is 6.71. The number of rotatable bonds is 4. The molecule has 0 bridgehead atoms. The van der Waals surface area contributed by atoms with E-state index in [0.717, 1.165) is 19.3 Å². The van der Waals surface area contributed by atoms with E-state index >= 15 is 0 Å². The van der Waals surface area contributed by atoms with Crippen LogP contribution in [0.25, 0.3) is 0 Å². The minimum atomic E-state index is -0.488. The highest BCUT2D eigenvalue weighted by Gasteiger charge is 2.29. The maximum atomic E-state index is 13.7. The summed E-state index contributed by atoms with van der Waals surface area (Å²) in [5, 5.41) is 0. The summed E-state index contributed by atoms with van der Waals surface area (Å²) in [6.07, 6.45) is 6.86. The molecule has 26 heavy (non-hydrogen) atoms. The molecule has 6 heteroatoms. The molecule has 1 fully saturated rings. The predicted octanol–water partition coefficient (Wildman–Crippen LogP) is 2.87. The zero-order chi connectivity index (χ0) is 18.5. The lowest BCUT2D eigenvalue weighted by atomic mass is 9.93. The fourth-order valence-corrected chi connectivity index (χ4v) is 3.52. The van der Waals surface area contributed by atoms with Crippen LogP contribution in [0.1, 0.15) is 36.5 Å². The largest absolute Gasteiger partial charge is 0.494 e. The van der Waals surface area contributed by atoms with Crippen LogP contribution in [0.2, 0.25) is 0 Å². The van der Waals surface area contributed by atoms with Gasteiger partial charge in [0.25, 0.3) is 5.91 Å². The molecule has 1 aliphatic carbocycles. The molecule has 2 aliphatic rings. The van der Waals surface area contributed by atoms with Crippen LogP contribution in [0.5, 0.6) is 5.75 Å². The summed E-state index contributed by atoms with van der Waals surface area (Å²) < 4.78 is 19.1. The number of benzene rings is 1. The molecule has 0 N–H and O–H groups in total. The van der Waals surface area contributed by atoms with Crippen molar-refractivity contribution in [1.82, 2.24) is 9.80 Å². The second kappa shape index (κ2) is 8.34. The number of carbonyl (C=O) groups is 2. The number of allylic oxidation sites excluding steroid dienone is 2. The van der Waals surface area contributed by atoms with Crippen LogP contribution in [-0.2, 0) is 4.79 Å². The van der Waals surface area contributed by atoms with Gasteiger partial charge >= 0.3 is 0 Å². The van der Waals surface area contributed by atoms with Crippen molar-refractivity contribution in [1.29, 1.82) is 0 Å². The van der Waals surface area contributed by atoms with Gasteiger partial charge in [-0.2, -0.15) is 0 Å². The van der Waals surface area contributed by atoms with Gasteiger partial charge < -0.3 is 14.5 Å². The van der Waals surface area contributed by atoms with Crippen molar-refractivity contribution in [2.45, 2.75) is 26.2 Å². The molecule has 1 aromatic carbocycles. The van der Waals surface area contributed by atoms with Crippen molar-refractivity contribution >= 4 is 11.8 Å². The Kier molecular flexibility index (Phi) is 5.91. The first-order chi connectivity index (χ1) is 12.6. The van der Waals surface area contributed by atoms with Gasteiger partial charge in [0.2, 0.25) is 5.91 Å². The van der Waals surface area contributed by atoms with E-state index < -0.39 is 5.82 Å². The molecule has 3 rings (SSSR count). The number of hydrogen-bond acceptors (Lipinski definition) is 3. The summed E-state index contributed by atoms with van der Waals surface area (Å²) in [6, 6.07) is 4.08. The minimum absolute atomic E-state index is 0.0687. The molecule has 1 atom stereocenters. The van der Waals surface area contributed by atoms with E-state index in [4.69, 9.17) is 4.74 Å². The first kappa shape index (κ1) is 18.4. The number of ether oxygens (including phenoxy) is 1. The Bertz CT molecular complexity index is 696. The van der Waals surface area contributed by atoms with Gasteiger partial charge in [-0.3, -0.25) is 9.59 Å². The van der Waals surface area contributed by atoms with Crippen molar-refractivity contribution in [2.75, 3.05) is 32.8 Å². The van der Waals surface area contributed by atoms with E-state index in [-0.39, 0.29) is 23.3 Å². The Hall–Kier alpha value is -2.37. The Balaban J connectivity index is 1.60. The maximum absolute atomic E-state index is 13.7. The van der Waals surface area contributed by atoms with Crippen LogP contribution in [0.3, 0.4) is 0 Å². The summed E-state index contributed by atoms with van der Waals surface area (Å²) in [5.41, 5.74) is 0.283. The first-order valence-electron chi connectivity index (χ1n) is 9.25. The van der Waals surface area contributed by atoms with Gasteiger partial charge in [-0.15, -0.1) is 0 Å². The van der Waals surface area contributed by atoms with Gasteiger partial charge in [-0.05, 0) is 38.3 Å². The lowest BCUT2D eigenvalue weighted by Gasteiger charge is -2.36. The quantitative estimate of drug-likeness (QED) is 0.776. The number of carbonyl (C=O) groups excluding carboxylic acids is 2. The zero-order valence-electron chi connectivity index (χ0n) is 15.1. The normalized spacial score (nSPS) is 20.2. The molecule has 0 saturated carbocycles. The molecule has 0 aromatic heterocycles. The molecule has 5 nitrogen and oxygen atoms in total. The van der Waals surface area contributed by atoms with Crippen LogP contribution in [0, 0.1) is 11.7 Å². The van der Waals surface area contributed by atoms with Gasteiger partial charge in [0, 0.05) is 43.7 Å². The first-order valence-corrected chi connectivity index (χ1v) is 9.25. The third kappa shape index (κ3) is 4.23. The number of piperazine rings is 1. The zero-order valence-corrected chi connectivity index (χ0v) is 15.1. The van der Waals surface area contributed by atoms with Crippen molar-refractivity contribution < 1.29 is 18.7 Å². The molecule has 140 valence electrons. The highest BCUT2D eigenvalue weighted by atomic mass is 19.1. The number of amides is 2. The van der Waals surface area contributed by atoms with E-state index in [0.29, 0.717) is 38.5 Å². The third-order valence-corrected chi connectivity index (χ3v) is 4.93. The second-order valence-corrected chi connectivity index (χ2v) is 6.71. The molecule has 0 spiro atoms. The monoisotopic (exact) mass is 360 g/mol. The van der Waals surface area contributed by atoms with Crippen molar-refractivity contribution in [3.05, 3.63) is 41.7 Å². The molecular formula is C20H25FN2O3. The minimum Gasteiger partial charge on any atom is -0.494 e. The van der Waals surface area contributed by atoms with E-state index in [1.165, 1.54) is 12.1 Å². The third-order valence-electron chi connectivity index (χ3n) is 4.93. The van der Waals surface area contributed by atoms with Crippen LogP contribution >= 0.6 is 0 Å². The molecule has 2 amide bonds. The van der Waals surface area contributed by atoms with E-state index in [1.807, 2.05) is 11.8 Å². The SMILES string of the molecule is CCOc1cc(F)cc(C(=O)N2CCN(C(=O)[C@H]3CC=CCC3)CC2)c1. The average molecular weight is 360 g/mol. The molecule has 0 unspecified atom stereocenters. The van der Waals surface area contributed by atoms with E-state index in [2.05, 4.69) is 12.2 Å². The molecule has 1 saturated heterocycles. The lowest BCUT2D eigenvalue weighted by molar-refractivity contribution is -0.137. The van der Waals surface area contributed by atoms with Gasteiger partial charge in [-0.25, -0.2) is 4.39 Å². The molecule has 1 aromatic rings. The molecule has 1 aliphatic heterocycles. The standard InChI is InChI=1S/C20H25FN2O3/c1-2-26-18-13-16(12-17(21)14-18)20(25)23-10-8-22(9-11-23)19(24)15-6-4-3-5-7-15/h3-4,12-15H,2,5-11H2,1H3/t15-/m0/s1.